The van der Waals surface area contributed by atoms with E-state index in [1.807, 2.05) is 11.3 Å². The third-order valence-electron chi connectivity index (χ3n) is 3.60. The fraction of sp³-hybridized carbons (Fsp3) is 0.692. The zero-order valence-electron chi connectivity index (χ0n) is 10.1. The Balaban J connectivity index is 1.88. The van der Waals surface area contributed by atoms with Crippen LogP contribution < -0.4 is 5.32 Å². The van der Waals surface area contributed by atoms with Gasteiger partial charge in [-0.25, -0.2) is 0 Å². The number of hydrogen-bond donors (Lipinski definition) is 1. The Morgan fingerprint density at radius 2 is 2.06 bits per heavy atom. The molecular formula is C13H19Br2NS. The highest BCUT2D eigenvalue weighted by Gasteiger charge is 2.19. The molecule has 2 unspecified atom stereocenters. The maximum absolute atomic E-state index is 3.74. The fourth-order valence-corrected chi connectivity index (χ4v) is 4.63. The van der Waals surface area contributed by atoms with Crippen LogP contribution in [0.1, 0.15) is 43.9 Å². The highest BCUT2D eigenvalue weighted by Crippen LogP contribution is 2.32. The first kappa shape index (κ1) is 14.0. The van der Waals surface area contributed by atoms with Crippen LogP contribution in [0.15, 0.2) is 14.3 Å². The summed E-state index contributed by atoms with van der Waals surface area (Å²) in [5.74, 6) is 0.823. The molecule has 1 aromatic heterocycles. The largest absolute Gasteiger partial charge is 0.309 e. The summed E-state index contributed by atoms with van der Waals surface area (Å²) in [4.78, 5) is 1.40. The van der Waals surface area contributed by atoms with Crippen molar-refractivity contribution in [3.8, 4) is 0 Å². The molecule has 1 aliphatic carbocycles. The van der Waals surface area contributed by atoms with Crippen molar-refractivity contribution < 1.29 is 0 Å². The van der Waals surface area contributed by atoms with Gasteiger partial charge in [0.15, 0.2) is 0 Å². The number of nitrogens with one attached hydrogen (secondary N) is 1. The van der Waals surface area contributed by atoms with Gasteiger partial charge in [-0.15, -0.1) is 11.3 Å². The van der Waals surface area contributed by atoms with E-state index in [0.29, 0.717) is 6.04 Å². The van der Waals surface area contributed by atoms with Crippen LogP contribution in [-0.4, -0.2) is 6.04 Å². The van der Waals surface area contributed by atoms with Gasteiger partial charge in [-0.3, -0.25) is 0 Å². The summed E-state index contributed by atoms with van der Waals surface area (Å²) in [6.45, 7) is 3.40. The van der Waals surface area contributed by atoms with Crippen molar-refractivity contribution in [1.29, 1.82) is 0 Å². The molecule has 1 fully saturated rings. The van der Waals surface area contributed by atoms with Crippen LogP contribution in [0.5, 0.6) is 0 Å². The summed E-state index contributed by atoms with van der Waals surface area (Å²) in [7, 11) is 0. The SMILES string of the molecule is CC1CCCCCC1NCc1cc(Br)c(Br)s1. The molecule has 96 valence electrons. The Labute approximate surface area is 125 Å². The first-order chi connectivity index (χ1) is 8.16. The van der Waals surface area contributed by atoms with Gasteiger partial charge < -0.3 is 5.32 Å². The molecule has 0 radical (unpaired) electrons. The zero-order valence-corrected chi connectivity index (χ0v) is 14.1. The second kappa shape index (κ2) is 6.69. The monoisotopic (exact) mass is 379 g/mol. The molecule has 1 aliphatic rings. The molecule has 1 N–H and O–H groups in total. The summed E-state index contributed by atoms with van der Waals surface area (Å²) in [6.07, 6.45) is 6.94. The van der Waals surface area contributed by atoms with Gasteiger partial charge in [-0.2, -0.15) is 0 Å². The zero-order chi connectivity index (χ0) is 12.3. The third-order valence-corrected chi connectivity index (χ3v) is 6.85. The van der Waals surface area contributed by atoms with Gasteiger partial charge in [0.05, 0.1) is 3.79 Å². The van der Waals surface area contributed by atoms with Crippen LogP contribution in [0.2, 0.25) is 0 Å². The molecule has 0 saturated heterocycles. The van der Waals surface area contributed by atoms with Crippen molar-refractivity contribution in [2.45, 2.75) is 51.6 Å². The van der Waals surface area contributed by atoms with Gasteiger partial charge >= 0.3 is 0 Å². The van der Waals surface area contributed by atoms with Gasteiger partial charge in [0.25, 0.3) is 0 Å². The lowest BCUT2D eigenvalue weighted by molar-refractivity contribution is 0.357. The van der Waals surface area contributed by atoms with Crippen molar-refractivity contribution in [2.24, 2.45) is 5.92 Å². The summed E-state index contributed by atoms with van der Waals surface area (Å²) in [5.41, 5.74) is 0. The van der Waals surface area contributed by atoms with Gasteiger partial charge in [-0.05, 0) is 56.7 Å². The predicted octanol–water partition coefficient (Wildman–Crippen LogP) is 5.33. The first-order valence-electron chi connectivity index (χ1n) is 6.34. The molecule has 4 heteroatoms. The average Bonchev–Trinajstić information content (AvgIpc) is 2.50. The van der Waals surface area contributed by atoms with E-state index in [1.54, 1.807) is 0 Å². The highest BCUT2D eigenvalue weighted by atomic mass is 79.9. The molecule has 2 rings (SSSR count). The molecule has 0 bridgehead atoms. The predicted molar refractivity (Wildman–Crippen MR) is 82.6 cm³/mol. The summed E-state index contributed by atoms with van der Waals surface area (Å²) in [5, 5.41) is 3.74. The minimum absolute atomic E-state index is 0.706. The van der Waals surface area contributed by atoms with Crippen LogP contribution in [0.4, 0.5) is 0 Å². The number of thiophene rings is 1. The second-order valence-electron chi connectivity index (χ2n) is 4.94. The van der Waals surface area contributed by atoms with E-state index in [-0.39, 0.29) is 0 Å². The van der Waals surface area contributed by atoms with Crippen molar-refractivity contribution in [3.05, 3.63) is 19.2 Å². The molecule has 2 atom stereocenters. The lowest BCUT2D eigenvalue weighted by Crippen LogP contribution is -2.33. The Hall–Kier alpha value is 0.620. The summed E-state index contributed by atoms with van der Waals surface area (Å²) in [6, 6.07) is 2.92. The van der Waals surface area contributed by atoms with Crippen LogP contribution >= 0.6 is 43.2 Å². The van der Waals surface area contributed by atoms with Crippen molar-refractivity contribution in [3.63, 3.8) is 0 Å². The maximum Gasteiger partial charge on any atom is 0.0843 e. The van der Waals surface area contributed by atoms with Crippen LogP contribution in [-0.2, 0) is 6.54 Å². The Bertz CT molecular complexity index is 345. The van der Waals surface area contributed by atoms with E-state index in [9.17, 15) is 0 Å². The van der Waals surface area contributed by atoms with Crippen LogP contribution in [0.3, 0.4) is 0 Å². The second-order valence-corrected chi connectivity index (χ2v) is 8.25. The Morgan fingerprint density at radius 3 is 2.76 bits per heavy atom. The first-order valence-corrected chi connectivity index (χ1v) is 8.74. The van der Waals surface area contributed by atoms with Gasteiger partial charge in [0, 0.05) is 21.9 Å². The molecule has 0 spiro atoms. The highest BCUT2D eigenvalue weighted by molar-refractivity contribution is 9.13. The van der Waals surface area contributed by atoms with Crippen LogP contribution in [0.25, 0.3) is 0 Å². The van der Waals surface area contributed by atoms with E-state index in [1.165, 1.54) is 45.2 Å². The van der Waals surface area contributed by atoms with Gasteiger partial charge in [0.1, 0.15) is 0 Å². The van der Waals surface area contributed by atoms with E-state index in [4.69, 9.17) is 0 Å². The Kier molecular flexibility index (Phi) is 5.52. The molecule has 1 saturated carbocycles. The number of halogens is 2. The molecule has 0 amide bonds. The average molecular weight is 381 g/mol. The lowest BCUT2D eigenvalue weighted by atomic mass is 9.97. The topological polar surface area (TPSA) is 12.0 Å². The third kappa shape index (κ3) is 4.05. The quantitative estimate of drug-likeness (QED) is 0.698. The fourth-order valence-electron chi connectivity index (χ4n) is 2.51. The van der Waals surface area contributed by atoms with E-state index < -0.39 is 0 Å². The van der Waals surface area contributed by atoms with Gasteiger partial charge in [-0.1, -0.05) is 26.2 Å². The molecule has 17 heavy (non-hydrogen) atoms. The van der Waals surface area contributed by atoms with Crippen molar-refractivity contribution in [1.82, 2.24) is 5.32 Å². The summed E-state index contributed by atoms with van der Waals surface area (Å²) >= 11 is 8.91. The smallest absolute Gasteiger partial charge is 0.0843 e. The normalized spacial score (nSPS) is 25.8. The van der Waals surface area contributed by atoms with Crippen LogP contribution in [0, 0.1) is 5.92 Å². The Morgan fingerprint density at radius 1 is 1.29 bits per heavy atom. The minimum Gasteiger partial charge on any atom is -0.309 e. The van der Waals surface area contributed by atoms with Crippen molar-refractivity contribution >= 4 is 43.2 Å². The standard InChI is InChI=1S/C13H19Br2NS/c1-9-5-3-2-4-6-12(9)16-8-10-7-11(14)13(15)17-10/h7,9,12,16H,2-6,8H2,1H3. The maximum atomic E-state index is 3.74. The van der Waals surface area contributed by atoms with E-state index in [2.05, 4.69) is 50.2 Å². The van der Waals surface area contributed by atoms with Crippen molar-refractivity contribution in [2.75, 3.05) is 0 Å². The molecule has 1 aromatic rings. The summed E-state index contributed by atoms with van der Waals surface area (Å²) < 4.78 is 2.37. The van der Waals surface area contributed by atoms with Gasteiger partial charge in [0.2, 0.25) is 0 Å². The molecular weight excluding hydrogens is 362 g/mol. The molecule has 0 aromatic carbocycles. The minimum atomic E-state index is 0.706. The number of rotatable bonds is 3. The van der Waals surface area contributed by atoms with E-state index >= 15 is 0 Å². The van der Waals surface area contributed by atoms with E-state index in [0.717, 1.165) is 12.5 Å². The lowest BCUT2D eigenvalue weighted by Gasteiger charge is -2.22. The molecule has 1 heterocycles. The molecule has 1 nitrogen and oxygen atoms in total. The molecule has 0 aliphatic heterocycles. The number of hydrogen-bond acceptors (Lipinski definition) is 2.